The largest absolute Gasteiger partial charge is 0.356 e. The molecule has 0 saturated carbocycles. The van der Waals surface area contributed by atoms with Crippen LogP contribution in [0.5, 0.6) is 0 Å². The molecule has 1 aliphatic heterocycles. The number of nitrogens with one attached hydrogen (secondary N) is 2. The number of piperazine rings is 1. The number of rotatable bonds is 7. The van der Waals surface area contributed by atoms with Gasteiger partial charge in [-0.15, -0.1) is 0 Å². The lowest BCUT2D eigenvalue weighted by molar-refractivity contribution is -0.121. The molecule has 0 bridgehead atoms. The van der Waals surface area contributed by atoms with Crippen LogP contribution in [0.25, 0.3) is 0 Å². The maximum absolute atomic E-state index is 11.7. The number of pyridine rings is 1. The maximum atomic E-state index is 11.7. The standard InChI is InChI=1S/C15H24N4O/c20-15(5-4-14-3-1-6-17-13-14)18-7-2-10-19-11-8-16-9-12-19/h1,3,6,13,16H,2,4-5,7-12H2,(H,18,20). The van der Waals surface area contributed by atoms with Crippen LogP contribution in [-0.2, 0) is 11.2 Å². The van der Waals surface area contributed by atoms with Crippen LogP contribution < -0.4 is 10.6 Å². The summed E-state index contributed by atoms with van der Waals surface area (Å²) in [6, 6.07) is 3.91. The van der Waals surface area contributed by atoms with Crippen molar-refractivity contribution < 1.29 is 4.79 Å². The van der Waals surface area contributed by atoms with E-state index in [1.54, 1.807) is 6.20 Å². The van der Waals surface area contributed by atoms with E-state index in [-0.39, 0.29) is 5.91 Å². The number of amides is 1. The Kier molecular flexibility index (Phi) is 6.47. The van der Waals surface area contributed by atoms with Crippen molar-refractivity contribution in [2.75, 3.05) is 39.3 Å². The van der Waals surface area contributed by atoms with Crippen LogP contribution in [-0.4, -0.2) is 55.1 Å². The van der Waals surface area contributed by atoms with Gasteiger partial charge in [-0.2, -0.15) is 0 Å². The number of carbonyl (C=O) groups excluding carboxylic acids is 1. The Morgan fingerprint density at radius 1 is 1.40 bits per heavy atom. The fourth-order valence-corrected chi connectivity index (χ4v) is 2.36. The zero-order chi connectivity index (χ0) is 14.0. The summed E-state index contributed by atoms with van der Waals surface area (Å²) in [4.78, 5) is 18.2. The van der Waals surface area contributed by atoms with E-state index in [1.165, 1.54) is 0 Å². The van der Waals surface area contributed by atoms with E-state index >= 15 is 0 Å². The van der Waals surface area contributed by atoms with Crippen LogP contribution in [0.4, 0.5) is 0 Å². The topological polar surface area (TPSA) is 57.3 Å². The molecule has 0 unspecified atom stereocenters. The van der Waals surface area contributed by atoms with E-state index in [9.17, 15) is 4.79 Å². The second kappa shape index (κ2) is 8.66. The van der Waals surface area contributed by atoms with Gasteiger partial charge in [0.1, 0.15) is 0 Å². The van der Waals surface area contributed by atoms with Gasteiger partial charge in [0.05, 0.1) is 0 Å². The van der Waals surface area contributed by atoms with Gasteiger partial charge in [-0.3, -0.25) is 9.78 Å². The fourth-order valence-electron chi connectivity index (χ4n) is 2.36. The molecule has 1 amide bonds. The Bertz CT molecular complexity index is 390. The molecule has 5 nitrogen and oxygen atoms in total. The van der Waals surface area contributed by atoms with E-state index < -0.39 is 0 Å². The fraction of sp³-hybridized carbons (Fsp3) is 0.600. The molecule has 0 atom stereocenters. The van der Waals surface area contributed by atoms with Gasteiger partial charge in [0.15, 0.2) is 0 Å². The van der Waals surface area contributed by atoms with Crippen LogP contribution in [0.2, 0.25) is 0 Å². The lowest BCUT2D eigenvalue weighted by Gasteiger charge is -2.27. The minimum absolute atomic E-state index is 0.133. The van der Waals surface area contributed by atoms with Gasteiger partial charge in [0.2, 0.25) is 5.91 Å². The summed E-state index contributed by atoms with van der Waals surface area (Å²) in [5, 5.41) is 6.33. The highest BCUT2D eigenvalue weighted by atomic mass is 16.1. The summed E-state index contributed by atoms with van der Waals surface area (Å²) in [6.07, 6.45) is 5.90. The summed E-state index contributed by atoms with van der Waals surface area (Å²) in [5.41, 5.74) is 1.11. The molecule has 1 aromatic heterocycles. The highest BCUT2D eigenvalue weighted by molar-refractivity contribution is 5.76. The molecular formula is C15H24N4O. The molecule has 0 spiro atoms. The van der Waals surface area contributed by atoms with E-state index in [0.29, 0.717) is 6.42 Å². The second-order valence-electron chi connectivity index (χ2n) is 5.16. The van der Waals surface area contributed by atoms with Gasteiger partial charge in [0, 0.05) is 51.5 Å². The molecule has 5 heteroatoms. The number of hydrogen-bond donors (Lipinski definition) is 2. The van der Waals surface area contributed by atoms with Crippen molar-refractivity contribution >= 4 is 5.91 Å². The van der Waals surface area contributed by atoms with Gasteiger partial charge in [0.25, 0.3) is 0 Å². The predicted octanol–water partition coefficient (Wildman–Crippen LogP) is 0.426. The third-order valence-corrected chi connectivity index (χ3v) is 3.55. The molecule has 1 fully saturated rings. The first kappa shape index (κ1) is 14.9. The van der Waals surface area contributed by atoms with Crippen LogP contribution in [0, 0.1) is 0 Å². The van der Waals surface area contributed by atoms with Crippen LogP contribution in [0.15, 0.2) is 24.5 Å². The monoisotopic (exact) mass is 276 g/mol. The first-order chi connectivity index (χ1) is 9.84. The lowest BCUT2D eigenvalue weighted by Crippen LogP contribution is -2.44. The maximum Gasteiger partial charge on any atom is 0.220 e. The van der Waals surface area contributed by atoms with Crippen LogP contribution in [0.1, 0.15) is 18.4 Å². The Morgan fingerprint density at radius 3 is 3.00 bits per heavy atom. The average molecular weight is 276 g/mol. The number of aryl methyl sites for hydroxylation is 1. The van der Waals surface area contributed by atoms with E-state index in [2.05, 4.69) is 20.5 Å². The van der Waals surface area contributed by atoms with Crippen molar-refractivity contribution in [2.45, 2.75) is 19.3 Å². The molecule has 20 heavy (non-hydrogen) atoms. The molecule has 1 aromatic rings. The van der Waals surface area contributed by atoms with Gasteiger partial charge in [-0.05, 0) is 31.0 Å². The summed E-state index contributed by atoms with van der Waals surface area (Å²) in [5.74, 6) is 0.133. The lowest BCUT2D eigenvalue weighted by atomic mass is 10.1. The highest BCUT2D eigenvalue weighted by Gasteiger charge is 2.08. The Hall–Kier alpha value is -1.46. The smallest absolute Gasteiger partial charge is 0.220 e. The van der Waals surface area contributed by atoms with Crippen molar-refractivity contribution in [3.8, 4) is 0 Å². The van der Waals surface area contributed by atoms with Gasteiger partial charge < -0.3 is 15.5 Å². The van der Waals surface area contributed by atoms with Crippen LogP contribution >= 0.6 is 0 Å². The van der Waals surface area contributed by atoms with E-state index in [1.807, 2.05) is 18.3 Å². The first-order valence-electron chi connectivity index (χ1n) is 7.43. The number of aromatic nitrogens is 1. The number of hydrogen-bond acceptors (Lipinski definition) is 4. The van der Waals surface area contributed by atoms with Crippen molar-refractivity contribution in [1.29, 1.82) is 0 Å². The zero-order valence-electron chi connectivity index (χ0n) is 12.0. The quantitative estimate of drug-likeness (QED) is 0.709. The summed E-state index contributed by atoms with van der Waals surface area (Å²) < 4.78 is 0. The SMILES string of the molecule is O=C(CCc1cccnc1)NCCCN1CCNCC1. The Labute approximate surface area is 120 Å². The van der Waals surface area contributed by atoms with Crippen LogP contribution in [0.3, 0.4) is 0 Å². The zero-order valence-corrected chi connectivity index (χ0v) is 12.0. The molecule has 1 aliphatic rings. The van der Waals surface area contributed by atoms with Gasteiger partial charge in [-0.25, -0.2) is 0 Å². The molecule has 2 rings (SSSR count). The third kappa shape index (κ3) is 5.67. The van der Waals surface area contributed by atoms with Crippen molar-refractivity contribution in [2.24, 2.45) is 0 Å². The van der Waals surface area contributed by atoms with Crippen molar-refractivity contribution in [1.82, 2.24) is 20.5 Å². The van der Waals surface area contributed by atoms with Crippen molar-refractivity contribution in [3.05, 3.63) is 30.1 Å². The summed E-state index contributed by atoms with van der Waals surface area (Å²) in [6.45, 7) is 6.25. The predicted molar refractivity (Wildman–Crippen MR) is 79.5 cm³/mol. The molecule has 0 aromatic carbocycles. The second-order valence-corrected chi connectivity index (χ2v) is 5.16. The van der Waals surface area contributed by atoms with Gasteiger partial charge in [-0.1, -0.05) is 6.07 Å². The number of nitrogens with zero attached hydrogens (tertiary/aromatic N) is 2. The first-order valence-corrected chi connectivity index (χ1v) is 7.43. The molecule has 0 aliphatic carbocycles. The third-order valence-electron chi connectivity index (χ3n) is 3.55. The molecule has 110 valence electrons. The Morgan fingerprint density at radius 2 is 2.25 bits per heavy atom. The minimum atomic E-state index is 0.133. The van der Waals surface area contributed by atoms with E-state index in [0.717, 1.165) is 57.7 Å². The summed E-state index contributed by atoms with van der Waals surface area (Å²) in [7, 11) is 0. The molecule has 2 N–H and O–H groups in total. The molecule has 2 heterocycles. The highest BCUT2D eigenvalue weighted by Crippen LogP contribution is 2.00. The molecule has 0 radical (unpaired) electrons. The average Bonchev–Trinajstić information content (AvgIpc) is 2.52. The van der Waals surface area contributed by atoms with E-state index in [4.69, 9.17) is 0 Å². The molecule has 1 saturated heterocycles. The van der Waals surface area contributed by atoms with Crippen molar-refractivity contribution in [3.63, 3.8) is 0 Å². The number of carbonyl (C=O) groups is 1. The normalized spacial score (nSPS) is 16.0. The molecular weight excluding hydrogens is 252 g/mol. The summed E-state index contributed by atoms with van der Waals surface area (Å²) >= 11 is 0. The minimum Gasteiger partial charge on any atom is -0.356 e. The van der Waals surface area contributed by atoms with Gasteiger partial charge >= 0.3 is 0 Å². The Balaban J connectivity index is 1.51.